The summed E-state index contributed by atoms with van der Waals surface area (Å²) >= 11 is 0. The van der Waals surface area contributed by atoms with Crippen molar-refractivity contribution >= 4 is 11.8 Å². The zero-order valence-electron chi connectivity index (χ0n) is 13.5. The van der Waals surface area contributed by atoms with Gasteiger partial charge in [-0.3, -0.25) is 14.5 Å². The smallest absolute Gasteiger partial charge is 0.242 e. The average Bonchev–Trinajstić information content (AvgIpc) is 3.01. The maximum absolute atomic E-state index is 11.9. The quantitative estimate of drug-likeness (QED) is 0.776. The Balaban J connectivity index is 1.30. The van der Waals surface area contributed by atoms with Crippen molar-refractivity contribution in [2.45, 2.75) is 44.7 Å². The third kappa shape index (κ3) is 4.32. The van der Waals surface area contributed by atoms with E-state index in [9.17, 15) is 9.59 Å². The van der Waals surface area contributed by atoms with Crippen LogP contribution in [0.4, 0.5) is 0 Å². The molecule has 0 aliphatic carbocycles. The van der Waals surface area contributed by atoms with E-state index in [-0.39, 0.29) is 17.9 Å². The van der Waals surface area contributed by atoms with Crippen molar-refractivity contribution in [2.75, 3.05) is 19.6 Å². The number of amides is 2. The Labute approximate surface area is 137 Å². The molecule has 124 valence electrons. The van der Waals surface area contributed by atoms with Crippen LogP contribution in [-0.2, 0) is 22.6 Å². The molecule has 0 bridgehead atoms. The van der Waals surface area contributed by atoms with E-state index in [1.54, 1.807) is 0 Å². The fraction of sp³-hybridized carbons (Fsp3) is 0.556. The van der Waals surface area contributed by atoms with Crippen molar-refractivity contribution in [3.8, 4) is 0 Å². The fourth-order valence-corrected chi connectivity index (χ4v) is 3.35. The third-order valence-electron chi connectivity index (χ3n) is 4.72. The minimum atomic E-state index is -0.318. The molecule has 2 aliphatic heterocycles. The molecule has 2 amide bonds. The Hall–Kier alpha value is -1.88. The summed E-state index contributed by atoms with van der Waals surface area (Å²) < 4.78 is 0. The summed E-state index contributed by atoms with van der Waals surface area (Å²) in [7, 11) is 0. The zero-order valence-corrected chi connectivity index (χ0v) is 13.5. The molecule has 1 atom stereocenters. The summed E-state index contributed by atoms with van der Waals surface area (Å²) in [5.74, 6) is -0.0571. The highest BCUT2D eigenvalue weighted by atomic mass is 16.2. The van der Waals surface area contributed by atoms with Crippen LogP contribution in [0.1, 0.15) is 36.8 Å². The van der Waals surface area contributed by atoms with Gasteiger partial charge in [0, 0.05) is 26.1 Å². The second kappa shape index (κ2) is 7.59. The van der Waals surface area contributed by atoms with E-state index in [0.29, 0.717) is 19.4 Å². The molecule has 1 fully saturated rings. The first-order valence-electron chi connectivity index (χ1n) is 8.58. The molecule has 5 nitrogen and oxygen atoms in total. The molecule has 0 saturated carbocycles. The van der Waals surface area contributed by atoms with Crippen LogP contribution in [-0.4, -0.2) is 42.4 Å². The summed E-state index contributed by atoms with van der Waals surface area (Å²) in [6, 6.07) is 8.35. The van der Waals surface area contributed by atoms with Crippen molar-refractivity contribution in [1.82, 2.24) is 15.5 Å². The van der Waals surface area contributed by atoms with E-state index >= 15 is 0 Å². The van der Waals surface area contributed by atoms with Gasteiger partial charge >= 0.3 is 0 Å². The van der Waals surface area contributed by atoms with Crippen molar-refractivity contribution in [3.63, 3.8) is 0 Å². The van der Waals surface area contributed by atoms with Crippen molar-refractivity contribution in [2.24, 2.45) is 0 Å². The van der Waals surface area contributed by atoms with Gasteiger partial charge in [0.05, 0.1) is 0 Å². The number of unbranched alkanes of at least 4 members (excludes halogenated alkanes) is 1. The van der Waals surface area contributed by atoms with Gasteiger partial charge in [-0.1, -0.05) is 24.3 Å². The van der Waals surface area contributed by atoms with Crippen LogP contribution in [0.25, 0.3) is 0 Å². The van der Waals surface area contributed by atoms with E-state index < -0.39 is 0 Å². The van der Waals surface area contributed by atoms with Crippen LogP contribution >= 0.6 is 0 Å². The number of hydrogen-bond acceptors (Lipinski definition) is 3. The molecule has 0 aromatic heterocycles. The first-order valence-corrected chi connectivity index (χ1v) is 8.58. The first-order chi connectivity index (χ1) is 11.2. The van der Waals surface area contributed by atoms with Crippen molar-refractivity contribution in [1.29, 1.82) is 0 Å². The molecule has 1 aromatic carbocycles. The first kappa shape index (κ1) is 16.0. The topological polar surface area (TPSA) is 61.4 Å². The van der Waals surface area contributed by atoms with Crippen LogP contribution < -0.4 is 10.6 Å². The second-order valence-corrected chi connectivity index (χ2v) is 6.45. The Morgan fingerprint density at radius 1 is 1.22 bits per heavy atom. The summed E-state index contributed by atoms with van der Waals surface area (Å²) in [6.45, 7) is 3.92. The third-order valence-corrected chi connectivity index (χ3v) is 4.72. The molecule has 2 N–H and O–H groups in total. The van der Waals surface area contributed by atoms with Gasteiger partial charge in [0.2, 0.25) is 11.8 Å². The monoisotopic (exact) mass is 315 g/mol. The SMILES string of the molecule is O=C1CCC(C(=O)NCCCCN2CCc3ccccc3C2)N1. The Morgan fingerprint density at radius 3 is 2.83 bits per heavy atom. The van der Waals surface area contributed by atoms with E-state index in [4.69, 9.17) is 0 Å². The van der Waals surface area contributed by atoms with Gasteiger partial charge in [-0.05, 0) is 43.4 Å². The highest BCUT2D eigenvalue weighted by molar-refractivity contribution is 5.90. The molecule has 0 spiro atoms. The van der Waals surface area contributed by atoms with Crippen LogP contribution in [0.15, 0.2) is 24.3 Å². The molecule has 5 heteroatoms. The predicted molar refractivity (Wildman–Crippen MR) is 88.8 cm³/mol. The molecule has 1 unspecified atom stereocenters. The standard InChI is InChI=1S/C18H25N3O2/c22-17-8-7-16(20-17)18(23)19-10-3-4-11-21-12-9-14-5-1-2-6-15(14)13-21/h1-2,5-6,16H,3-4,7-13H2,(H,19,23)(H,20,22). The zero-order chi connectivity index (χ0) is 16.1. The molecule has 3 rings (SSSR count). The number of nitrogens with zero attached hydrogens (tertiary/aromatic N) is 1. The average molecular weight is 315 g/mol. The highest BCUT2D eigenvalue weighted by Crippen LogP contribution is 2.18. The number of rotatable bonds is 6. The molecule has 1 saturated heterocycles. The number of benzene rings is 1. The van der Waals surface area contributed by atoms with Crippen molar-refractivity contribution in [3.05, 3.63) is 35.4 Å². The summed E-state index contributed by atoms with van der Waals surface area (Å²) in [6.07, 6.45) is 4.28. The van der Waals surface area contributed by atoms with Gasteiger partial charge < -0.3 is 10.6 Å². The minimum absolute atomic E-state index is 0.0180. The second-order valence-electron chi connectivity index (χ2n) is 6.45. The summed E-state index contributed by atoms with van der Waals surface area (Å²) in [5.41, 5.74) is 2.93. The van der Waals surface area contributed by atoms with Crippen LogP contribution in [0.5, 0.6) is 0 Å². The maximum Gasteiger partial charge on any atom is 0.242 e. The minimum Gasteiger partial charge on any atom is -0.354 e. The summed E-state index contributed by atoms with van der Waals surface area (Å²) in [5, 5.41) is 5.62. The molecule has 1 aromatic rings. The van der Waals surface area contributed by atoms with Crippen molar-refractivity contribution < 1.29 is 9.59 Å². The lowest BCUT2D eigenvalue weighted by molar-refractivity contribution is -0.125. The predicted octanol–water partition coefficient (Wildman–Crippen LogP) is 1.22. The molecule has 23 heavy (non-hydrogen) atoms. The largest absolute Gasteiger partial charge is 0.354 e. The summed E-state index contributed by atoms with van der Waals surface area (Å²) in [4.78, 5) is 25.4. The van der Waals surface area contributed by atoms with Gasteiger partial charge in [0.15, 0.2) is 0 Å². The van der Waals surface area contributed by atoms with E-state index in [2.05, 4.69) is 39.8 Å². The molecule has 2 heterocycles. The Kier molecular flexibility index (Phi) is 5.28. The lowest BCUT2D eigenvalue weighted by Gasteiger charge is -2.28. The van der Waals surface area contributed by atoms with E-state index in [0.717, 1.165) is 38.9 Å². The number of carbonyl (C=O) groups is 2. The van der Waals surface area contributed by atoms with Gasteiger partial charge in [-0.15, -0.1) is 0 Å². The number of hydrogen-bond donors (Lipinski definition) is 2. The van der Waals surface area contributed by atoms with Crippen LogP contribution in [0.2, 0.25) is 0 Å². The molecular weight excluding hydrogens is 290 g/mol. The van der Waals surface area contributed by atoms with Gasteiger partial charge in [-0.2, -0.15) is 0 Å². The van der Waals surface area contributed by atoms with Gasteiger partial charge in [0.1, 0.15) is 6.04 Å². The number of fused-ring (bicyclic) bond motifs is 1. The molecule has 0 radical (unpaired) electrons. The van der Waals surface area contributed by atoms with E-state index in [1.807, 2.05) is 0 Å². The van der Waals surface area contributed by atoms with Crippen LogP contribution in [0.3, 0.4) is 0 Å². The van der Waals surface area contributed by atoms with Gasteiger partial charge in [0.25, 0.3) is 0 Å². The lowest BCUT2D eigenvalue weighted by Crippen LogP contribution is -2.42. The lowest BCUT2D eigenvalue weighted by atomic mass is 10.00. The Morgan fingerprint density at radius 2 is 2.04 bits per heavy atom. The normalized spacial score (nSPS) is 20.9. The Bertz CT molecular complexity index is 573. The van der Waals surface area contributed by atoms with Gasteiger partial charge in [-0.25, -0.2) is 0 Å². The highest BCUT2D eigenvalue weighted by Gasteiger charge is 2.26. The molecule has 2 aliphatic rings. The fourth-order valence-electron chi connectivity index (χ4n) is 3.35. The number of carbonyl (C=O) groups excluding carboxylic acids is 2. The van der Waals surface area contributed by atoms with Crippen LogP contribution in [0, 0.1) is 0 Å². The number of nitrogens with one attached hydrogen (secondary N) is 2. The van der Waals surface area contributed by atoms with E-state index in [1.165, 1.54) is 11.1 Å². The molecular formula is C18H25N3O2. The maximum atomic E-state index is 11.9.